The first-order valence-electron chi connectivity index (χ1n) is 8.68. The average molecular weight is 414 g/mol. The highest BCUT2D eigenvalue weighted by Gasteiger charge is 2.54. The van der Waals surface area contributed by atoms with E-state index in [2.05, 4.69) is 27.8 Å². The predicted octanol–water partition coefficient (Wildman–Crippen LogP) is 3.85. The fourth-order valence-electron chi connectivity index (χ4n) is 3.78. The van der Waals surface area contributed by atoms with E-state index in [4.69, 9.17) is 4.74 Å². The van der Waals surface area contributed by atoms with E-state index in [-0.39, 0.29) is 23.6 Å². The lowest BCUT2D eigenvalue weighted by atomic mass is 9.89. The van der Waals surface area contributed by atoms with Gasteiger partial charge in [-0.1, -0.05) is 36.4 Å². The Labute approximate surface area is 161 Å². The molecule has 0 spiro atoms. The normalized spacial score (nSPS) is 24.6. The minimum Gasteiger partial charge on any atom is -0.506 e. The molecule has 0 aromatic heterocycles. The fourth-order valence-corrected chi connectivity index (χ4v) is 4.26. The molecule has 1 saturated carbocycles. The van der Waals surface area contributed by atoms with Crippen LogP contribution in [0.2, 0.25) is 0 Å². The first-order valence-corrected chi connectivity index (χ1v) is 9.48. The van der Waals surface area contributed by atoms with Crippen LogP contribution in [0.4, 0.5) is 0 Å². The molecule has 134 valence electrons. The molecular formula is C21H20BrNO3. The second-order valence-electron chi connectivity index (χ2n) is 6.88. The third-order valence-electron chi connectivity index (χ3n) is 5.33. The largest absolute Gasteiger partial charge is 0.506 e. The van der Waals surface area contributed by atoms with E-state index in [0.29, 0.717) is 27.4 Å². The highest BCUT2D eigenvalue weighted by Crippen LogP contribution is 2.44. The number of hydrogen-bond donors (Lipinski definition) is 2. The summed E-state index contributed by atoms with van der Waals surface area (Å²) >= 11 is 3.38. The Bertz CT molecular complexity index is 842. The summed E-state index contributed by atoms with van der Waals surface area (Å²) in [5, 5.41) is 13.6. The SMILES string of the molecule is C=CC(c1ccccc1)c1cc(C(=O)N[C@@H]2[C@@H]3COC[C@@H]32)cc(Br)c1O. The van der Waals surface area contributed by atoms with Gasteiger partial charge < -0.3 is 15.2 Å². The summed E-state index contributed by atoms with van der Waals surface area (Å²) in [7, 11) is 0. The lowest BCUT2D eigenvalue weighted by Gasteiger charge is -2.18. The highest BCUT2D eigenvalue weighted by atomic mass is 79.9. The minimum absolute atomic E-state index is 0.123. The standard InChI is InChI=1S/C21H20BrNO3/c1-2-14(12-6-4-3-5-7-12)15-8-13(9-18(22)20(15)24)21(25)23-19-16-10-26-11-17(16)19/h2-9,14,16-17,19,24H,1,10-11H2,(H,23,25)/t14?,16-,17+,19-. The van der Waals surface area contributed by atoms with E-state index in [9.17, 15) is 9.90 Å². The molecule has 0 bridgehead atoms. The van der Waals surface area contributed by atoms with Gasteiger partial charge in [0.1, 0.15) is 5.75 Å². The number of fused-ring (bicyclic) bond motifs is 1. The maximum atomic E-state index is 12.7. The van der Waals surface area contributed by atoms with Crippen LogP contribution in [-0.2, 0) is 4.74 Å². The molecule has 4 nitrogen and oxygen atoms in total. The topological polar surface area (TPSA) is 58.6 Å². The smallest absolute Gasteiger partial charge is 0.251 e. The number of amides is 1. The molecule has 0 radical (unpaired) electrons. The molecule has 2 aromatic carbocycles. The van der Waals surface area contributed by atoms with Gasteiger partial charge in [-0.15, -0.1) is 6.58 Å². The number of ether oxygens (including phenoxy) is 1. The van der Waals surface area contributed by atoms with Gasteiger partial charge in [-0.2, -0.15) is 0 Å². The molecule has 1 amide bonds. The van der Waals surface area contributed by atoms with Crippen molar-refractivity contribution in [3.8, 4) is 5.75 Å². The van der Waals surface area contributed by atoms with Crippen molar-refractivity contribution in [3.63, 3.8) is 0 Å². The van der Waals surface area contributed by atoms with Gasteiger partial charge in [0.2, 0.25) is 0 Å². The quantitative estimate of drug-likeness (QED) is 0.731. The highest BCUT2D eigenvalue weighted by molar-refractivity contribution is 9.10. The predicted molar refractivity (Wildman–Crippen MR) is 103 cm³/mol. The Morgan fingerprint density at radius 2 is 1.96 bits per heavy atom. The molecule has 1 aliphatic carbocycles. The number of hydrogen-bond acceptors (Lipinski definition) is 3. The summed E-state index contributed by atoms with van der Waals surface area (Å²) in [5.74, 6) is 0.705. The van der Waals surface area contributed by atoms with Crippen LogP contribution in [0.5, 0.6) is 5.75 Å². The van der Waals surface area contributed by atoms with Crippen LogP contribution in [0.1, 0.15) is 27.4 Å². The number of phenolic OH excluding ortho intramolecular Hbond substituents is 1. The van der Waals surface area contributed by atoms with Crippen LogP contribution >= 0.6 is 15.9 Å². The van der Waals surface area contributed by atoms with Crippen molar-refractivity contribution in [2.75, 3.05) is 13.2 Å². The number of phenols is 1. The third kappa shape index (κ3) is 3.06. The van der Waals surface area contributed by atoms with E-state index < -0.39 is 0 Å². The van der Waals surface area contributed by atoms with Gasteiger partial charge in [0, 0.05) is 34.9 Å². The number of halogens is 1. The Kier molecular flexibility index (Phi) is 4.59. The number of allylic oxidation sites excluding steroid dienone is 1. The van der Waals surface area contributed by atoms with Crippen LogP contribution in [0.3, 0.4) is 0 Å². The van der Waals surface area contributed by atoms with Crippen molar-refractivity contribution < 1.29 is 14.6 Å². The molecule has 2 fully saturated rings. The molecule has 4 atom stereocenters. The molecule has 26 heavy (non-hydrogen) atoms. The maximum Gasteiger partial charge on any atom is 0.251 e. The van der Waals surface area contributed by atoms with Gasteiger partial charge in [-0.3, -0.25) is 4.79 Å². The summed E-state index contributed by atoms with van der Waals surface area (Å²) in [6.07, 6.45) is 1.78. The maximum absolute atomic E-state index is 12.7. The summed E-state index contributed by atoms with van der Waals surface area (Å²) in [5.41, 5.74) is 2.19. The van der Waals surface area contributed by atoms with Gasteiger partial charge in [0.05, 0.1) is 17.7 Å². The van der Waals surface area contributed by atoms with E-state index in [1.807, 2.05) is 30.3 Å². The monoisotopic (exact) mass is 413 g/mol. The fraction of sp³-hybridized carbons (Fsp3) is 0.286. The second-order valence-corrected chi connectivity index (χ2v) is 7.74. The molecule has 1 aliphatic heterocycles. The van der Waals surface area contributed by atoms with Crippen LogP contribution in [0, 0.1) is 11.8 Å². The molecule has 5 heteroatoms. The van der Waals surface area contributed by atoms with Gasteiger partial charge >= 0.3 is 0 Å². The van der Waals surface area contributed by atoms with Gasteiger partial charge in [0.15, 0.2) is 0 Å². The zero-order valence-electron chi connectivity index (χ0n) is 14.2. The molecule has 1 saturated heterocycles. The number of carbonyl (C=O) groups excluding carboxylic acids is 1. The average Bonchev–Trinajstić information content (AvgIpc) is 3.06. The Balaban J connectivity index is 1.63. The summed E-state index contributed by atoms with van der Waals surface area (Å²) < 4.78 is 5.87. The van der Waals surface area contributed by atoms with Crippen LogP contribution in [0.25, 0.3) is 0 Å². The lowest BCUT2D eigenvalue weighted by Crippen LogP contribution is -2.30. The molecule has 2 N–H and O–H groups in total. The lowest BCUT2D eigenvalue weighted by molar-refractivity contribution is 0.0928. The number of rotatable bonds is 5. The third-order valence-corrected chi connectivity index (χ3v) is 5.94. The zero-order chi connectivity index (χ0) is 18.3. The van der Waals surface area contributed by atoms with E-state index >= 15 is 0 Å². The van der Waals surface area contributed by atoms with Crippen molar-refractivity contribution in [2.45, 2.75) is 12.0 Å². The van der Waals surface area contributed by atoms with Crippen LogP contribution < -0.4 is 5.32 Å². The molecule has 1 unspecified atom stereocenters. The molecule has 2 aromatic rings. The van der Waals surface area contributed by atoms with E-state index in [0.717, 1.165) is 18.8 Å². The number of carbonyl (C=O) groups is 1. The number of nitrogens with one attached hydrogen (secondary N) is 1. The first-order chi connectivity index (χ1) is 12.6. The van der Waals surface area contributed by atoms with Gasteiger partial charge in [-0.25, -0.2) is 0 Å². The van der Waals surface area contributed by atoms with Crippen molar-refractivity contribution in [1.29, 1.82) is 0 Å². The second kappa shape index (κ2) is 6.89. The zero-order valence-corrected chi connectivity index (χ0v) is 15.8. The van der Waals surface area contributed by atoms with Crippen molar-refractivity contribution in [1.82, 2.24) is 5.32 Å². The van der Waals surface area contributed by atoms with E-state index in [1.54, 1.807) is 18.2 Å². The summed E-state index contributed by atoms with van der Waals surface area (Å²) in [6, 6.07) is 13.4. The Morgan fingerprint density at radius 1 is 1.27 bits per heavy atom. The number of benzene rings is 2. The Hall–Kier alpha value is -2.11. The van der Waals surface area contributed by atoms with Crippen molar-refractivity contribution >= 4 is 21.8 Å². The van der Waals surface area contributed by atoms with Gasteiger partial charge in [0.25, 0.3) is 5.91 Å². The van der Waals surface area contributed by atoms with E-state index in [1.165, 1.54) is 0 Å². The van der Waals surface area contributed by atoms with Gasteiger partial charge in [-0.05, 0) is 33.6 Å². The van der Waals surface area contributed by atoms with Crippen molar-refractivity contribution in [3.05, 3.63) is 76.3 Å². The first kappa shape index (κ1) is 17.3. The molecular weight excluding hydrogens is 394 g/mol. The molecule has 1 heterocycles. The van der Waals surface area contributed by atoms with Crippen LogP contribution in [-0.4, -0.2) is 30.3 Å². The molecule has 2 aliphatic rings. The molecule has 4 rings (SSSR count). The Morgan fingerprint density at radius 3 is 2.62 bits per heavy atom. The minimum atomic E-state index is -0.200. The van der Waals surface area contributed by atoms with Crippen LogP contribution in [0.15, 0.2) is 59.6 Å². The number of aromatic hydroxyl groups is 1. The van der Waals surface area contributed by atoms with Crippen molar-refractivity contribution in [2.24, 2.45) is 11.8 Å². The summed E-state index contributed by atoms with van der Waals surface area (Å²) in [6.45, 7) is 5.37. The summed E-state index contributed by atoms with van der Waals surface area (Å²) in [4.78, 5) is 12.7.